The zero-order valence-electron chi connectivity index (χ0n) is 12.9. The van der Waals surface area contributed by atoms with Gasteiger partial charge in [-0.15, -0.1) is 0 Å². The molecular formula is C16H16F3N3O2. The van der Waals surface area contributed by atoms with Crippen LogP contribution < -0.4 is 4.74 Å². The van der Waals surface area contributed by atoms with Crippen molar-refractivity contribution in [2.45, 2.75) is 25.1 Å². The average molecular weight is 339 g/mol. The maximum absolute atomic E-state index is 13.0. The number of halogens is 3. The van der Waals surface area contributed by atoms with Crippen LogP contribution in [0.25, 0.3) is 11.3 Å². The molecule has 1 aliphatic rings. The number of ether oxygens (including phenoxy) is 1. The summed E-state index contributed by atoms with van der Waals surface area (Å²) in [5.74, 6) is -0.00208. The predicted octanol–water partition coefficient (Wildman–Crippen LogP) is 3.25. The van der Waals surface area contributed by atoms with Crippen molar-refractivity contribution in [3.8, 4) is 17.0 Å². The molecule has 2 aromatic rings. The van der Waals surface area contributed by atoms with E-state index in [2.05, 4.69) is 10.2 Å². The van der Waals surface area contributed by atoms with Crippen molar-refractivity contribution >= 4 is 5.91 Å². The van der Waals surface area contributed by atoms with E-state index in [4.69, 9.17) is 4.74 Å². The number of amides is 1. The van der Waals surface area contributed by atoms with Crippen molar-refractivity contribution in [3.05, 3.63) is 36.0 Å². The molecule has 24 heavy (non-hydrogen) atoms. The quantitative estimate of drug-likeness (QED) is 0.934. The van der Waals surface area contributed by atoms with Crippen LogP contribution in [-0.2, 0) is 0 Å². The van der Waals surface area contributed by atoms with E-state index < -0.39 is 18.1 Å². The fourth-order valence-electron chi connectivity index (χ4n) is 2.85. The van der Waals surface area contributed by atoms with Gasteiger partial charge in [-0.05, 0) is 43.2 Å². The molecule has 1 fully saturated rings. The van der Waals surface area contributed by atoms with E-state index >= 15 is 0 Å². The fraction of sp³-hybridized carbons (Fsp3) is 0.375. The average Bonchev–Trinajstić information content (AvgIpc) is 3.23. The zero-order valence-corrected chi connectivity index (χ0v) is 12.9. The number of nitrogens with one attached hydrogen (secondary N) is 1. The van der Waals surface area contributed by atoms with Crippen molar-refractivity contribution < 1.29 is 22.7 Å². The number of nitrogens with zero attached hydrogens (tertiary/aromatic N) is 2. The number of hydrogen-bond donors (Lipinski definition) is 1. The Labute approximate surface area is 136 Å². The minimum atomic E-state index is -4.41. The molecule has 0 spiro atoms. The largest absolute Gasteiger partial charge is 0.497 e. The summed E-state index contributed by atoms with van der Waals surface area (Å²) in [7, 11) is 1.55. The molecule has 3 rings (SSSR count). The molecule has 5 nitrogen and oxygen atoms in total. The van der Waals surface area contributed by atoms with Gasteiger partial charge in [0.2, 0.25) is 0 Å². The highest BCUT2D eigenvalue weighted by atomic mass is 19.4. The van der Waals surface area contributed by atoms with Crippen molar-refractivity contribution in [1.29, 1.82) is 0 Å². The van der Waals surface area contributed by atoms with Crippen LogP contribution in [0.5, 0.6) is 5.75 Å². The molecule has 1 N–H and O–H groups in total. The third-order valence-electron chi connectivity index (χ3n) is 4.09. The van der Waals surface area contributed by atoms with Crippen LogP contribution in [0.4, 0.5) is 13.2 Å². The van der Waals surface area contributed by atoms with Crippen molar-refractivity contribution in [1.82, 2.24) is 15.1 Å². The molecule has 0 radical (unpaired) electrons. The van der Waals surface area contributed by atoms with Crippen LogP contribution in [-0.4, -0.2) is 46.9 Å². The first-order valence-electron chi connectivity index (χ1n) is 7.47. The lowest BCUT2D eigenvalue weighted by Gasteiger charge is -2.25. The number of hydrogen-bond acceptors (Lipinski definition) is 3. The molecule has 2 heterocycles. The van der Waals surface area contributed by atoms with Gasteiger partial charge in [-0.2, -0.15) is 18.3 Å². The number of likely N-dealkylation sites (tertiary alicyclic amines) is 1. The molecule has 1 unspecified atom stereocenters. The topological polar surface area (TPSA) is 58.2 Å². The number of H-pyrrole nitrogens is 1. The first-order valence-corrected chi connectivity index (χ1v) is 7.47. The standard InChI is InChI=1S/C16H16F3N3O2/c1-24-11-6-4-10(5-7-11)12-9-13(21-20-12)15(23)22-8-2-3-14(22)16(17,18)19/h4-7,9,14H,2-3,8H2,1H3,(H,20,21). The summed E-state index contributed by atoms with van der Waals surface area (Å²) < 4.78 is 44.1. The Morgan fingerprint density at radius 3 is 2.67 bits per heavy atom. The number of carbonyl (C=O) groups is 1. The number of alkyl halides is 3. The van der Waals surface area contributed by atoms with Crippen LogP contribution in [0.15, 0.2) is 30.3 Å². The van der Waals surface area contributed by atoms with E-state index in [1.807, 2.05) is 0 Å². The van der Waals surface area contributed by atoms with Crippen LogP contribution in [0.3, 0.4) is 0 Å². The third kappa shape index (κ3) is 3.08. The molecule has 1 atom stereocenters. The second-order valence-electron chi connectivity index (χ2n) is 5.59. The highest BCUT2D eigenvalue weighted by Crippen LogP contribution is 2.33. The van der Waals surface area contributed by atoms with Crippen LogP contribution >= 0.6 is 0 Å². The first kappa shape index (κ1) is 16.4. The highest BCUT2D eigenvalue weighted by Gasteiger charge is 2.48. The molecule has 1 saturated heterocycles. The number of benzene rings is 1. The second kappa shape index (κ2) is 6.18. The highest BCUT2D eigenvalue weighted by molar-refractivity contribution is 5.93. The van der Waals surface area contributed by atoms with Crippen LogP contribution in [0.1, 0.15) is 23.3 Å². The monoisotopic (exact) mass is 339 g/mol. The Morgan fingerprint density at radius 1 is 1.33 bits per heavy atom. The number of methoxy groups -OCH3 is 1. The summed E-state index contributed by atoms with van der Waals surface area (Å²) in [6, 6.07) is 6.75. The van der Waals surface area contributed by atoms with E-state index in [9.17, 15) is 18.0 Å². The van der Waals surface area contributed by atoms with Gasteiger partial charge in [0.25, 0.3) is 5.91 Å². The van der Waals surface area contributed by atoms with Crippen LogP contribution in [0, 0.1) is 0 Å². The Morgan fingerprint density at radius 2 is 2.04 bits per heavy atom. The minimum absolute atomic E-state index is 0.0527. The predicted molar refractivity (Wildman–Crippen MR) is 80.7 cm³/mol. The van der Waals surface area contributed by atoms with Gasteiger partial charge in [0, 0.05) is 12.1 Å². The van der Waals surface area contributed by atoms with Gasteiger partial charge >= 0.3 is 6.18 Å². The normalized spacial score (nSPS) is 18.0. The van der Waals surface area contributed by atoms with E-state index in [1.165, 1.54) is 6.07 Å². The summed E-state index contributed by atoms with van der Waals surface area (Å²) in [4.78, 5) is 13.3. The first-order chi connectivity index (χ1) is 11.4. The SMILES string of the molecule is COc1ccc(-c2cc(C(=O)N3CCCC3C(F)(F)F)[nH]n2)cc1. The summed E-state index contributed by atoms with van der Waals surface area (Å²) in [5.41, 5.74) is 1.28. The molecular weight excluding hydrogens is 323 g/mol. The van der Waals surface area contributed by atoms with Gasteiger partial charge in [0.1, 0.15) is 17.5 Å². The molecule has 1 aromatic heterocycles. The Kier molecular flexibility index (Phi) is 4.21. The van der Waals surface area contributed by atoms with E-state index in [0.29, 0.717) is 17.9 Å². The summed E-state index contributed by atoms with van der Waals surface area (Å²) >= 11 is 0. The summed E-state index contributed by atoms with van der Waals surface area (Å²) in [5, 5.41) is 6.57. The molecule has 0 saturated carbocycles. The molecule has 8 heteroatoms. The second-order valence-corrected chi connectivity index (χ2v) is 5.59. The van der Waals surface area contributed by atoms with Gasteiger partial charge in [-0.3, -0.25) is 9.89 Å². The van der Waals surface area contributed by atoms with Gasteiger partial charge in [-0.1, -0.05) is 0 Å². The van der Waals surface area contributed by atoms with E-state index in [0.717, 1.165) is 10.5 Å². The molecule has 1 aliphatic heterocycles. The lowest BCUT2D eigenvalue weighted by molar-refractivity contribution is -0.169. The number of aromatic amines is 1. The smallest absolute Gasteiger partial charge is 0.408 e. The van der Waals surface area contributed by atoms with Crippen molar-refractivity contribution in [3.63, 3.8) is 0 Å². The summed E-state index contributed by atoms with van der Waals surface area (Å²) in [6.45, 7) is 0.0971. The molecule has 1 amide bonds. The minimum Gasteiger partial charge on any atom is -0.497 e. The van der Waals surface area contributed by atoms with Crippen LogP contribution in [0.2, 0.25) is 0 Å². The van der Waals surface area contributed by atoms with Crippen molar-refractivity contribution in [2.24, 2.45) is 0 Å². The fourth-order valence-corrected chi connectivity index (χ4v) is 2.85. The maximum Gasteiger partial charge on any atom is 0.408 e. The summed E-state index contributed by atoms with van der Waals surface area (Å²) in [6.07, 6.45) is -4.13. The maximum atomic E-state index is 13.0. The molecule has 128 valence electrons. The lowest BCUT2D eigenvalue weighted by atomic mass is 10.1. The van der Waals surface area contributed by atoms with E-state index in [1.54, 1.807) is 31.4 Å². The number of aromatic nitrogens is 2. The van der Waals surface area contributed by atoms with Gasteiger partial charge in [-0.25, -0.2) is 0 Å². The lowest BCUT2D eigenvalue weighted by Crippen LogP contribution is -2.44. The van der Waals surface area contributed by atoms with Crippen molar-refractivity contribution in [2.75, 3.05) is 13.7 Å². The molecule has 0 bridgehead atoms. The zero-order chi connectivity index (χ0) is 17.3. The molecule has 1 aromatic carbocycles. The molecule has 0 aliphatic carbocycles. The van der Waals surface area contributed by atoms with Gasteiger partial charge in [0.15, 0.2) is 0 Å². The van der Waals surface area contributed by atoms with Gasteiger partial charge in [0.05, 0.1) is 12.8 Å². The van der Waals surface area contributed by atoms with Gasteiger partial charge < -0.3 is 9.64 Å². The third-order valence-corrected chi connectivity index (χ3v) is 4.09. The Balaban J connectivity index is 1.80. The number of carbonyl (C=O) groups excluding carboxylic acids is 1. The van der Waals surface area contributed by atoms with E-state index in [-0.39, 0.29) is 18.7 Å². The Hall–Kier alpha value is -2.51. The Bertz CT molecular complexity index is 725. The number of rotatable bonds is 3.